The lowest BCUT2D eigenvalue weighted by atomic mass is 9.59. The molecule has 0 aliphatic heterocycles. The lowest BCUT2D eigenvalue weighted by Gasteiger charge is -2.23. The Kier molecular flexibility index (Phi) is 6.57. The van der Waals surface area contributed by atoms with E-state index in [-0.39, 0.29) is 10.8 Å². The minimum absolute atomic E-state index is 0.0935. The van der Waals surface area contributed by atoms with Crippen LogP contribution in [-0.4, -0.2) is 43.8 Å². The van der Waals surface area contributed by atoms with Gasteiger partial charge in [-0.25, -0.2) is 0 Å². The average Bonchev–Trinajstić information content (AvgIpc) is 3.19. The standard InChI is InChI=1S/C33H40B5N/c1-17-20(26-27(34)29(36)31(38)30(37)28(26)35)9-8-10-23(17)39-24-13-11-18(32(2,3)4)15-21(24)22-16-19(33(5,6)7)12-14-25(22)39/h8-16H,34-38H2,1-7H3. The maximum Gasteiger partial charge on any atom is 0.139 e. The predicted molar refractivity (Wildman–Crippen MR) is 189 cm³/mol. The SMILES string of the molecule is Bc1c(B)c(B)c(-c2cccc(-n3c4ccc(C(C)(C)C)cc4c4cc(C(C)(C)C)ccc43)c2C)c(B)c1B. The lowest BCUT2D eigenvalue weighted by molar-refractivity contribution is 0.590. The zero-order chi connectivity index (χ0) is 28.6. The van der Waals surface area contributed by atoms with Gasteiger partial charge in [-0.15, -0.1) is 16.4 Å². The molecule has 6 heteroatoms. The van der Waals surface area contributed by atoms with E-state index >= 15 is 0 Å². The zero-order valence-electron chi connectivity index (χ0n) is 26.1. The second-order valence-corrected chi connectivity index (χ2v) is 13.7. The molecule has 1 nitrogen and oxygen atoms in total. The first-order chi connectivity index (χ1) is 18.1. The molecule has 0 aliphatic rings. The molecule has 0 aliphatic carbocycles. The molecule has 0 N–H and O–H groups in total. The summed E-state index contributed by atoms with van der Waals surface area (Å²) in [6.07, 6.45) is 0. The van der Waals surface area contributed by atoms with E-state index in [2.05, 4.69) is 147 Å². The number of rotatable bonds is 2. The van der Waals surface area contributed by atoms with Crippen molar-refractivity contribution in [1.82, 2.24) is 4.57 Å². The highest BCUT2D eigenvalue weighted by Crippen LogP contribution is 2.39. The number of fused-ring (bicyclic) bond motifs is 3. The summed E-state index contributed by atoms with van der Waals surface area (Å²) in [7, 11) is 11.4. The Labute approximate surface area is 239 Å². The van der Waals surface area contributed by atoms with Crippen LogP contribution in [0.1, 0.15) is 58.2 Å². The third kappa shape index (κ3) is 4.41. The molecule has 0 saturated carbocycles. The molecule has 39 heavy (non-hydrogen) atoms. The van der Waals surface area contributed by atoms with E-state index in [9.17, 15) is 0 Å². The van der Waals surface area contributed by atoms with Gasteiger partial charge < -0.3 is 4.57 Å². The summed E-state index contributed by atoms with van der Waals surface area (Å²) in [6, 6.07) is 21.0. The molecule has 192 valence electrons. The summed E-state index contributed by atoms with van der Waals surface area (Å²) in [5.41, 5.74) is 17.8. The van der Waals surface area contributed by atoms with Crippen molar-refractivity contribution in [2.24, 2.45) is 0 Å². The first-order valence-electron chi connectivity index (χ1n) is 14.4. The van der Waals surface area contributed by atoms with Gasteiger partial charge in [0.1, 0.15) is 39.2 Å². The first kappa shape index (κ1) is 27.6. The summed E-state index contributed by atoms with van der Waals surface area (Å²) in [4.78, 5) is 0. The normalized spacial score (nSPS) is 12.5. The zero-order valence-corrected chi connectivity index (χ0v) is 26.1. The van der Waals surface area contributed by atoms with Gasteiger partial charge in [0, 0.05) is 16.5 Å². The summed E-state index contributed by atoms with van der Waals surface area (Å²) in [5, 5.41) is 2.67. The lowest BCUT2D eigenvalue weighted by Crippen LogP contribution is -2.55. The smallest absolute Gasteiger partial charge is 0.139 e. The molecule has 5 aromatic rings. The molecule has 0 saturated heterocycles. The van der Waals surface area contributed by atoms with Gasteiger partial charge >= 0.3 is 0 Å². The number of aromatic nitrogens is 1. The third-order valence-electron chi connectivity index (χ3n) is 9.31. The van der Waals surface area contributed by atoms with Crippen molar-refractivity contribution in [2.75, 3.05) is 0 Å². The number of hydrogen-bond donors (Lipinski definition) is 0. The van der Waals surface area contributed by atoms with Crippen LogP contribution in [0.4, 0.5) is 0 Å². The molecule has 1 heterocycles. The predicted octanol–water partition coefficient (Wildman–Crippen LogP) is 0.646. The van der Waals surface area contributed by atoms with Crippen LogP contribution in [0.15, 0.2) is 54.6 Å². The molecule has 0 radical (unpaired) electrons. The highest BCUT2D eigenvalue weighted by Gasteiger charge is 2.22. The molecular weight excluding hydrogens is 464 g/mol. The molecule has 1 aromatic heterocycles. The minimum atomic E-state index is 0.0935. The van der Waals surface area contributed by atoms with Crippen molar-refractivity contribution in [3.8, 4) is 16.8 Å². The second kappa shape index (κ2) is 9.29. The Balaban J connectivity index is 1.87. The molecule has 0 unspecified atom stereocenters. The largest absolute Gasteiger partial charge is 0.309 e. The maximum absolute atomic E-state index is 2.50. The van der Waals surface area contributed by atoms with E-state index < -0.39 is 0 Å². The van der Waals surface area contributed by atoms with E-state index in [1.165, 1.54) is 82.6 Å². The Hall–Kier alpha value is -3.00. The van der Waals surface area contributed by atoms with Crippen LogP contribution in [-0.2, 0) is 10.8 Å². The fourth-order valence-corrected chi connectivity index (χ4v) is 6.26. The van der Waals surface area contributed by atoms with E-state index in [0.717, 1.165) is 0 Å². The van der Waals surface area contributed by atoms with Crippen LogP contribution >= 0.6 is 0 Å². The van der Waals surface area contributed by atoms with Crippen molar-refractivity contribution >= 4 is 88.4 Å². The van der Waals surface area contributed by atoms with Crippen LogP contribution in [0.2, 0.25) is 0 Å². The van der Waals surface area contributed by atoms with Crippen molar-refractivity contribution in [3.63, 3.8) is 0 Å². The van der Waals surface area contributed by atoms with Gasteiger partial charge in [0.25, 0.3) is 0 Å². The highest BCUT2D eigenvalue weighted by atomic mass is 15.0. The van der Waals surface area contributed by atoms with Crippen molar-refractivity contribution in [2.45, 2.75) is 59.3 Å². The van der Waals surface area contributed by atoms with E-state index in [4.69, 9.17) is 0 Å². The van der Waals surface area contributed by atoms with Gasteiger partial charge in [-0.2, -0.15) is 0 Å². The summed E-state index contributed by atoms with van der Waals surface area (Å²) < 4.78 is 2.50. The summed E-state index contributed by atoms with van der Waals surface area (Å²) >= 11 is 0. The fourth-order valence-electron chi connectivity index (χ4n) is 6.26. The molecular formula is C33H40B5N. The van der Waals surface area contributed by atoms with Crippen LogP contribution < -0.4 is 27.3 Å². The minimum Gasteiger partial charge on any atom is -0.309 e. The summed E-state index contributed by atoms with van der Waals surface area (Å²) in [5.74, 6) is 0. The topological polar surface area (TPSA) is 4.93 Å². The van der Waals surface area contributed by atoms with Crippen LogP contribution in [0.25, 0.3) is 38.6 Å². The van der Waals surface area contributed by atoms with E-state index in [1.54, 1.807) is 0 Å². The van der Waals surface area contributed by atoms with E-state index in [1.807, 2.05) is 0 Å². The van der Waals surface area contributed by atoms with E-state index in [0.29, 0.717) is 0 Å². The molecule has 0 bridgehead atoms. The Morgan fingerprint density at radius 1 is 0.564 bits per heavy atom. The molecule has 0 amide bonds. The Morgan fingerprint density at radius 3 is 1.44 bits per heavy atom. The number of nitrogens with zero attached hydrogens (tertiary/aromatic N) is 1. The second-order valence-electron chi connectivity index (χ2n) is 13.7. The molecule has 4 aromatic carbocycles. The van der Waals surface area contributed by atoms with Gasteiger partial charge in [-0.05, 0) is 75.9 Å². The Morgan fingerprint density at radius 2 is 1.00 bits per heavy atom. The Bertz CT molecular complexity index is 1680. The van der Waals surface area contributed by atoms with Crippen molar-refractivity contribution < 1.29 is 0 Å². The fraction of sp³-hybridized carbons (Fsp3) is 0.273. The molecule has 0 atom stereocenters. The maximum atomic E-state index is 2.50. The van der Waals surface area contributed by atoms with Gasteiger partial charge in [-0.1, -0.05) is 76.7 Å². The number of hydrogen-bond acceptors (Lipinski definition) is 0. The third-order valence-corrected chi connectivity index (χ3v) is 9.31. The van der Waals surface area contributed by atoms with Crippen LogP contribution in [0.5, 0.6) is 0 Å². The first-order valence-corrected chi connectivity index (χ1v) is 14.4. The van der Waals surface area contributed by atoms with Crippen LogP contribution in [0, 0.1) is 6.92 Å². The average molecular weight is 505 g/mol. The monoisotopic (exact) mass is 505 g/mol. The number of benzene rings is 4. The molecule has 0 fully saturated rings. The van der Waals surface area contributed by atoms with Gasteiger partial charge in [0.2, 0.25) is 0 Å². The highest BCUT2D eigenvalue weighted by molar-refractivity contribution is 6.68. The van der Waals surface area contributed by atoms with Gasteiger partial charge in [0.15, 0.2) is 0 Å². The van der Waals surface area contributed by atoms with Crippen molar-refractivity contribution in [1.29, 1.82) is 0 Å². The van der Waals surface area contributed by atoms with Gasteiger partial charge in [-0.3, -0.25) is 0 Å². The summed E-state index contributed by atoms with van der Waals surface area (Å²) in [6.45, 7) is 16.1. The molecule has 5 rings (SSSR count). The molecule has 0 spiro atoms. The van der Waals surface area contributed by atoms with Crippen molar-refractivity contribution in [3.05, 3.63) is 71.3 Å². The van der Waals surface area contributed by atoms with Crippen LogP contribution in [0.3, 0.4) is 0 Å². The van der Waals surface area contributed by atoms with Gasteiger partial charge in [0.05, 0.1) is 11.0 Å². The quantitative estimate of drug-likeness (QED) is 0.311.